The van der Waals surface area contributed by atoms with Crippen molar-refractivity contribution in [3.8, 4) is 0 Å². The fourth-order valence-electron chi connectivity index (χ4n) is 1.88. The highest BCUT2D eigenvalue weighted by Gasteiger charge is 2.24. The summed E-state index contributed by atoms with van der Waals surface area (Å²) in [6.07, 6.45) is -0.381. The molecule has 0 radical (unpaired) electrons. The van der Waals surface area contributed by atoms with Crippen molar-refractivity contribution in [1.82, 2.24) is 4.90 Å². The molecule has 0 bridgehead atoms. The molecule has 6 heteroatoms. The van der Waals surface area contributed by atoms with Gasteiger partial charge in [0.1, 0.15) is 6.61 Å². The highest BCUT2D eigenvalue weighted by atomic mass is 16.6. The predicted molar refractivity (Wildman–Crippen MR) is 64.0 cm³/mol. The van der Waals surface area contributed by atoms with E-state index in [2.05, 4.69) is 0 Å². The molecule has 1 fully saturated rings. The third kappa shape index (κ3) is 2.22. The number of ether oxygens (including phenoxy) is 2. The molecule has 0 atom stereocenters. The average molecular weight is 250 g/mol. The zero-order valence-electron chi connectivity index (χ0n) is 10.0. The largest absolute Gasteiger partial charge is 0.465 e. The van der Waals surface area contributed by atoms with Crippen LogP contribution in [0, 0.1) is 0 Å². The Morgan fingerprint density at radius 3 is 2.94 bits per heavy atom. The van der Waals surface area contributed by atoms with Crippen molar-refractivity contribution in [1.29, 1.82) is 0 Å². The van der Waals surface area contributed by atoms with Crippen molar-refractivity contribution in [2.45, 2.75) is 6.54 Å². The molecule has 0 aliphatic carbocycles. The Morgan fingerprint density at radius 2 is 2.33 bits per heavy atom. The van der Waals surface area contributed by atoms with Gasteiger partial charge in [-0.25, -0.2) is 9.59 Å². The summed E-state index contributed by atoms with van der Waals surface area (Å²) in [5, 5.41) is 0. The molecule has 1 aliphatic heterocycles. The number of anilines is 1. The molecule has 18 heavy (non-hydrogen) atoms. The second-order valence-electron chi connectivity index (χ2n) is 3.91. The molecule has 1 heterocycles. The highest BCUT2D eigenvalue weighted by Crippen LogP contribution is 2.21. The highest BCUT2D eigenvalue weighted by molar-refractivity contribution is 5.96. The molecule has 1 aromatic rings. The van der Waals surface area contributed by atoms with Gasteiger partial charge in [0.15, 0.2) is 0 Å². The third-order valence-electron chi connectivity index (χ3n) is 2.78. The van der Waals surface area contributed by atoms with E-state index in [1.807, 2.05) is 0 Å². The first kappa shape index (κ1) is 12.2. The number of hydrogen-bond donors (Lipinski definition) is 1. The summed E-state index contributed by atoms with van der Waals surface area (Å²) in [6.45, 7) is 1.16. The number of nitrogen functional groups attached to an aromatic ring is 1. The number of rotatable bonds is 3. The van der Waals surface area contributed by atoms with Gasteiger partial charge in [-0.2, -0.15) is 0 Å². The van der Waals surface area contributed by atoms with Crippen molar-refractivity contribution < 1.29 is 19.1 Å². The zero-order chi connectivity index (χ0) is 13.1. The number of carbonyl (C=O) groups is 2. The monoisotopic (exact) mass is 250 g/mol. The molecule has 96 valence electrons. The number of carbonyl (C=O) groups excluding carboxylic acids is 2. The Labute approximate surface area is 104 Å². The minimum Gasteiger partial charge on any atom is -0.465 e. The summed E-state index contributed by atoms with van der Waals surface area (Å²) >= 11 is 0. The van der Waals surface area contributed by atoms with Crippen LogP contribution in [0.5, 0.6) is 0 Å². The van der Waals surface area contributed by atoms with Gasteiger partial charge in [0.25, 0.3) is 0 Å². The zero-order valence-corrected chi connectivity index (χ0v) is 10.0. The maximum Gasteiger partial charge on any atom is 0.410 e. The van der Waals surface area contributed by atoms with E-state index in [0.29, 0.717) is 30.0 Å². The molecule has 2 rings (SSSR count). The van der Waals surface area contributed by atoms with E-state index in [-0.39, 0.29) is 12.6 Å². The number of benzene rings is 1. The standard InChI is InChI=1S/C12H14N2O4/c1-17-11(15)10-8(3-2-4-9(10)13)7-14-5-6-18-12(14)16/h2-4H,5-7,13H2,1H3. The number of hydrogen-bond acceptors (Lipinski definition) is 5. The normalized spacial score (nSPS) is 14.5. The summed E-state index contributed by atoms with van der Waals surface area (Å²) in [6, 6.07) is 5.10. The van der Waals surface area contributed by atoms with E-state index < -0.39 is 5.97 Å². The molecule has 1 saturated heterocycles. The Morgan fingerprint density at radius 1 is 1.56 bits per heavy atom. The minimum absolute atomic E-state index is 0.286. The van der Waals surface area contributed by atoms with E-state index in [9.17, 15) is 9.59 Å². The second kappa shape index (κ2) is 4.95. The average Bonchev–Trinajstić information content (AvgIpc) is 2.74. The number of nitrogens with two attached hydrogens (primary N) is 1. The van der Waals surface area contributed by atoms with E-state index >= 15 is 0 Å². The Hall–Kier alpha value is -2.24. The summed E-state index contributed by atoms with van der Waals surface area (Å²) in [4.78, 5) is 24.6. The molecule has 6 nitrogen and oxygen atoms in total. The van der Waals surface area contributed by atoms with Crippen LogP contribution in [0.3, 0.4) is 0 Å². The van der Waals surface area contributed by atoms with Gasteiger partial charge in [-0.15, -0.1) is 0 Å². The van der Waals surface area contributed by atoms with Crippen LogP contribution in [0.15, 0.2) is 18.2 Å². The van der Waals surface area contributed by atoms with Crippen LogP contribution < -0.4 is 5.73 Å². The fourth-order valence-corrected chi connectivity index (χ4v) is 1.88. The maximum absolute atomic E-state index is 11.7. The van der Waals surface area contributed by atoms with Gasteiger partial charge in [0, 0.05) is 5.69 Å². The van der Waals surface area contributed by atoms with Crippen LogP contribution in [0.1, 0.15) is 15.9 Å². The lowest BCUT2D eigenvalue weighted by Crippen LogP contribution is -2.25. The molecular weight excluding hydrogens is 236 g/mol. The summed E-state index contributed by atoms with van der Waals surface area (Å²) in [7, 11) is 1.29. The lowest BCUT2D eigenvalue weighted by molar-refractivity contribution is 0.0599. The second-order valence-corrected chi connectivity index (χ2v) is 3.91. The van der Waals surface area contributed by atoms with Gasteiger partial charge < -0.3 is 20.1 Å². The van der Waals surface area contributed by atoms with Gasteiger partial charge in [-0.3, -0.25) is 0 Å². The SMILES string of the molecule is COC(=O)c1c(N)cccc1CN1CCOC1=O. The first-order valence-electron chi connectivity index (χ1n) is 5.51. The fraction of sp³-hybridized carbons (Fsp3) is 0.333. The number of methoxy groups -OCH3 is 1. The molecule has 2 N–H and O–H groups in total. The van der Waals surface area contributed by atoms with Crippen LogP contribution >= 0.6 is 0 Å². The van der Waals surface area contributed by atoms with Crippen LogP contribution in [0.25, 0.3) is 0 Å². The van der Waals surface area contributed by atoms with Crippen LogP contribution in [0.4, 0.5) is 10.5 Å². The minimum atomic E-state index is -0.504. The summed E-state index contributed by atoms with van der Waals surface area (Å²) in [5.74, 6) is -0.504. The number of amides is 1. The topological polar surface area (TPSA) is 81.9 Å². The lowest BCUT2D eigenvalue weighted by atomic mass is 10.1. The predicted octanol–water partition coefficient (Wildman–Crippen LogP) is 1.01. The van der Waals surface area contributed by atoms with Gasteiger partial charge in [-0.05, 0) is 11.6 Å². The van der Waals surface area contributed by atoms with E-state index in [4.69, 9.17) is 15.2 Å². The van der Waals surface area contributed by atoms with Crippen molar-refractivity contribution in [2.24, 2.45) is 0 Å². The van der Waals surface area contributed by atoms with Crippen molar-refractivity contribution in [2.75, 3.05) is 26.0 Å². The molecule has 0 aromatic heterocycles. The molecule has 1 amide bonds. The van der Waals surface area contributed by atoms with Gasteiger partial charge in [0.2, 0.25) is 0 Å². The van der Waals surface area contributed by atoms with E-state index in [0.717, 1.165) is 0 Å². The number of nitrogens with zero attached hydrogens (tertiary/aromatic N) is 1. The maximum atomic E-state index is 11.7. The summed E-state index contributed by atoms with van der Waals surface area (Å²) < 4.78 is 9.53. The van der Waals surface area contributed by atoms with Crippen LogP contribution in [-0.2, 0) is 16.0 Å². The van der Waals surface area contributed by atoms with Crippen molar-refractivity contribution in [3.05, 3.63) is 29.3 Å². The van der Waals surface area contributed by atoms with Gasteiger partial charge >= 0.3 is 12.1 Å². The molecular formula is C12H14N2O4. The molecule has 0 unspecified atom stereocenters. The van der Waals surface area contributed by atoms with Crippen molar-refractivity contribution in [3.63, 3.8) is 0 Å². The Bertz CT molecular complexity index is 487. The Balaban J connectivity index is 2.29. The van der Waals surface area contributed by atoms with Gasteiger partial charge in [0.05, 0.1) is 25.8 Å². The Kier molecular flexibility index (Phi) is 3.36. The molecule has 0 saturated carbocycles. The van der Waals surface area contributed by atoms with Crippen LogP contribution in [-0.4, -0.2) is 37.2 Å². The number of esters is 1. The molecule has 1 aromatic carbocycles. The quantitative estimate of drug-likeness (QED) is 0.639. The summed E-state index contributed by atoms with van der Waals surface area (Å²) in [5.41, 5.74) is 7.07. The molecule has 1 aliphatic rings. The first-order chi connectivity index (χ1) is 8.63. The van der Waals surface area contributed by atoms with E-state index in [1.54, 1.807) is 18.2 Å². The van der Waals surface area contributed by atoms with E-state index in [1.165, 1.54) is 12.0 Å². The van der Waals surface area contributed by atoms with Gasteiger partial charge in [-0.1, -0.05) is 12.1 Å². The van der Waals surface area contributed by atoms with Crippen molar-refractivity contribution >= 4 is 17.7 Å². The first-order valence-corrected chi connectivity index (χ1v) is 5.51. The smallest absolute Gasteiger partial charge is 0.410 e. The molecule has 0 spiro atoms. The lowest BCUT2D eigenvalue weighted by Gasteiger charge is -2.16. The van der Waals surface area contributed by atoms with Crippen LogP contribution in [0.2, 0.25) is 0 Å². The number of cyclic esters (lactones) is 1. The third-order valence-corrected chi connectivity index (χ3v) is 2.78.